The maximum absolute atomic E-state index is 14.3. The van der Waals surface area contributed by atoms with Gasteiger partial charge in [-0.1, -0.05) is 18.2 Å². The summed E-state index contributed by atoms with van der Waals surface area (Å²) in [5.74, 6) is -0.238. The maximum atomic E-state index is 14.3. The van der Waals surface area contributed by atoms with E-state index in [4.69, 9.17) is 0 Å². The molecule has 0 radical (unpaired) electrons. The van der Waals surface area contributed by atoms with Gasteiger partial charge in [-0.2, -0.15) is 5.10 Å². The Morgan fingerprint density at radius 1 is 1.11 bits per heavy atom. The summed E-state index contributed by atoms with van der Waals surface area (Å²) in [5, 5.41) is 11.8. The van der Waals surface area contributed by atoms with Gasteiger partial charge in [0.1, 0.15) is 11.5 Å². The van der Waals surface area contributed by atoms with Crippen LogP contribution in [0.25, 0.3) is 22.2 Å². The minimum atomic E-state index is -0.160. The number of pyridine rings is 1. The smallest absolute Gasteiger partial charge is 0.251 e. The first-order valence-corrected chi connectivity index (χ1v) is 12.3. The Morgan fingerprint density at radius 2 is 1.97 bits per heavy atom. The zero-order valence-corrected chi connectivity index (χ0v) is 19.7. The van der Waals surface area contributed by atoms with Crippen LogP contribution in [0.2, 0.25) is 0 Å². The maximum Gasteiger partial charge on any atom is 0.251 e. The summed E-state index contributed by atoms with van der Waals surface area (Å²) in [6, 6.07) is 17.3. The van der Waals surface area contributed by atoms with E-state index in [2.05, 4.69) is 25.4 Å². The molecule has 6 rings (SSSR count). The monoisotopic (exact) mass is 469 g/mol. The van der Waals surface area contributed by atoms with E-state index in [1.807, 2.05) is 49.4 Å². The minimum absolute atomic E-state index is 0.0513. The molecule has 0 spiro atoms. The fourth-order valence-electron chi connectivity index (χ4n) is 5.83. The number of fused-ring (bicyclic) bond motifs is 3. The van der Waals surface area contributed by atoms with Gasteiger partial charge in [0.2, 0.25) is 0 Å². The normalized spacial score (nSPS) is 21.9. The van der Waals surface area contributed by atoms with Crippen LogP contribution in [-0.2, 0) is 6.54 Å². The summed E-state index contributed by atoms with van der Waals surface area (Å²) >= 11 is 0. The fourth-order valence-corrected chi connectivity index (χ4v) is 5.83. The first-order valence-electron chi connectivity index (χ1n) is 12.3. The van der Waals surface area contributed by atoms with Gasteiger partial charge >= 0.3 is 0 Å². The number of amides is 1. The van der Waals surface area contributed by atoms with Gasteiger partial charge in [0.05, 0.1) is 5.52 Å². The van der Waals surface area contributed by atoms with Gasteiger partial charge in [-0.05, 0) is 69.0 Å². The average molecular weight is 470 g/mol. The molecule has 3 atom stereocenters. The number of aromatic nitrogens is 3. The van der Waals surface area contributed by atoms with Crippen molar-refractivity contribution in [3.05, 3.63) is 83.4 Å². The van der Waals surface area contributed by atoms with Crippen LogP contribution in [0.15, 0.2) is 60.8 Å². The quantitative estimate of drug-likeness (QED) is 0.432. The zero-order chi connectivity index (χ0) is 23.9. The van der Waals surface area contributed by atoms with Crippen LogP contribution in [0.4, 0.5) is 4.39 Å². The molecular weight excluding hydrogens is 441 g/mol. The highest BCUT2D eigenvalue weighted by molar-refractivity contribution is 6.01. The largest absolute Gasteiger partial charge is 0.348 e. The number of aryl methyl sites for hydroxylation is 1. The molecule has 1 unspecified atom stereocenters. The summed E-state index contributed by atoms with van der Waals surface area (Å²) in [7, 11) is 0. The number of carbonyl (C=O) groups excluding carboxylic acids is 1. The predicted molar refractivity (Wildman–Crippen MR) is 133 cm³/mol. The predicted octanol–water partition coefficient (Wildman–Crippen LogP) is 5.00. The molecule has 0 saturated carbocycles. The Kier molecular flexibility index (Phi) is 5.57. The highest BCUT2D eigenvalue weighted by Gasteiger charge is 2.42. The second-order valence-electron chi connectivity index (χ2n) is 9.74. The summed E-state index contributed by atoms with van der Waals surface area (Å²) in [5.41, 5.74) is 4.92. The third kappa shape index (κ3) is 4.10. The molecule has 2 aliphatic heterocycles. The van der Waals surface area contributed by atoms with E-state index in [0.717, 1.165) is 59.1 Å². The van der Waals surface area contributed by atoms with Crippen LogP contribution in [-0.4, -0.2) is 44.1 Å². The Bertz CT molecular complexity index is 1400. The number of aromatic amines is 1. The van der Waals surface area contributed by atoms with Crippen molar-refractivity contribution < 1.29 is 9.18 Å². The molecule has 2 saturated heterocycles. The van der Waals surface area contributed by atoms with Crippen LogP contribution in [0.5, 0.6) is 0 Å². The highest BCUT2D eigenvalue weighted by Crippen LogP contribution is 2.37. The van der Waals surface area contributed by atoms with Crippen LogP contribution in [0, 0.1) is 12.7 Å². The average Bonchev–Trinajstić information content (AvgIpc) is 3.40. The van der Waals surface area contributed by atoms with Gasteiger partial charge in [0, 0.05) is 58.6 Å². The van der Waals surface area contributed by atoms with Gasteiger partial charge in [-0.15, -0.1) is 0 Å². The van der Waals surface area contributed by atoms with E-state index in [9.17, 15) is 9.18 Å². The topological polar surface area (TPSA) is 73.9 Å². The molecule has 2 aliphatic rings. The van der Waals surface area contributed by atoms with E-state index >= 15 is 0 Å². The second kappa shape index (κ2) is 8.89. The summed E-state index contributed by atoms with van der Waals surface area (Å²) < 4.78 is 14.3. The number of piperidine rings is 1. The number of H-pyrrole nitrogens is 1. The number of carbonyl (C=O) groups is 1. The van der Waals surface area contributed by atoms with Crippen molar-refractivity contribution in [3.63, 3.8) is 0 Å². The van der Waals surface area contributed by atoms with Crippen LogP contribution in [0.3, 0.4) is 0 Å². The van der Waals surface area contributed by atoms with Crippen LogP contribution in [0.1, 0.15) is 47.3 Å². The van der Waals surface area contributed by atoms with Crippen molar-refractivity contribution in [3.8, 4) is 11.3 Å². The molecule has 178 valence electrons. The lowest BCUT2D eigenvalue weighted by atomic mass is 9.95. The third-order valence-electron chi connectivity index (χ3n) is 7.59. The number of halogens is 1. The van der Waals surface area contributed by atoms with E-state index < -0.39 is 0 Å². The van der Waals surface area contributed by atoms with Gasteiger partial charge in [0.25, 0.3) is 5.91 Å². The number of rotatable bonds is 5. The highest BCUT2D eigenvalue weighted by atomic mass is 19.1. The van der Waals surface area contributed by atoms with E-state index in [0.29, 0.717) is 18.2 Å². The van der Waals surface area contributed by atoms with Crippen LogP contribution < -0.4 is 5.32 Å². The molecule has 4 heterocycles. The van der Waals surface area contributed by atoms with Gasteiger partial charge in [-0.25, -0.2) is 4.39 Å². The minimum Gasteiger partial charge on any atom is -0.348 e. The summed E-state index contributed by atoms with van der Waals surface area (Å²) in [6.45, 7) is 2.54. The lowest BCUT2D eigenvalue weighted by molar-refractivity contribution is 0.0773. The van der Waals surface area contributed by atoms with Gasteiger partial charge in [0.15, 0.2) is 0 Å². The molecule has 7 heteroatoms. The number of hydrogen-bond donors (Lipinski definition) is 2. The fraction of sp³-hybridized carbons (Fsp3) is 0.321. The van der Waals surface area contributed by atoms with Gasteiger partial charge < -0.3 is 5.32 Å². The van der Waals surface area contributed by atoms with E-state index in [1.54, 1.807) is 12.3 Å². The van der Waals surface area contributed by atoms with Gasteiger partial charge in [-0.3, -0.25) is 19.8 Å². The van der Waals surface area contributed by atoms with E-state index in [-0.39, 0.29) is 23.8 Å². The van der Waals surface area contributed by atoms with E-state index in [1.165, 1.54) is 6.07 Å². The molecule has 4 aromatic rings. The lowest BCUT2D eigenvalue weighted by Crippen LogP contribution is -2.54. The summed E-state index contributed by atoms with van der Waals surface area (Å²) in [4.78, 5) is 20.0. The number of nitrogens with one attached hydrogen (secondary N) is 2. The Hall–Kier alpha value is -3.58. The Morgan fingerprint density at radius 3 is 2.83 bits per heavy atom. The molecule has 6 nitrogen and oxygen atoms in total. The molecule has 2 fully saturated rings. The van der Waals surface area contributed by atoms with Crippen molar-refractivity contribution in [2.24, 2.45) is 0 Å². The Labute approximate surface area is 203 Å². The second-order valence-corrected chi connectivity index (χ2v) is 9.74. The molecule has 2 aromatic carbocycles. The first kappa shape index (κ1) is 21.9. The Balaban J connectivity index is 1.23. The van der Waals surface area contributed by atoms with Crippen molar-refractivity contribution in [1.29, 1.82) is 0 Å². The van der Waals surface area contributed by atoms with Crippen molar-refractivity contribution in [2.45, 2.75) is 57.3 Å². The molecule has 2 bridgehead atoms. The molecule has 2 aromatic heterocycles. The molecule has 2 N–H and O–H groups in total. The number of benzene rings is 2. The van der Waals surface area contributed by atoms with Crippen LogP contribution >= 0.6 is 0 Å². The van der Waals surface area contributed by atoms with Crippen molar-refractivity contribution >= 4 is 16.8 Å². The number of nitrogens with zero attached hydrogens (tertiary/aromatic N) is 3. The first-order chi connectivity index (χ1) is 17.1. The van der Waals surface area contributed by atoms with Crippen molar-refractivity contribution in [1.82, 2.24) is 25.4 Å². The zero-order valence-electron chi connectivity index (χ0n) is 19.7. The SMILES string of the molecule is Cc1cc(-c2n[nH]c3ccc(C(=O)NC4CC[C@H]5CC[C@@H]4N5Cc4ccccc4F)cc23)ccn1. The molecule has 35 heavy (non-hydrogen) atoms. The summed E-state index contributed by atoms with van der Waals surface area (Å²) in [6.07, 6.45) is 5.86. The standard InChI is InChI=1S/C28H28FN5O/c1-17-14-18(12-13-30-17)27-22-15-19(6-9-24(22)32-33-27)28(35)31-25-10-7-21-8-11-26(25)34(21)16-20-4-2-3-5-23(20)29/h2-6,9,12-15,21,25-26H,7-8,10-11,16H2,1H3,(H,31,35)(H,32,33)/t21-,25?,26-/m0/s1. The molecule has 0 aliphatic carbocycles. The lowest BCUT2D eigenvalue weighted by Gasteiger charge is -2.40. The molecular formula is C28H28FN5O. The molecule has 1 amide bonds. The number of hydrogen-bond acceptors (Lipinski definition) is 4. The van der Waals surface area contributed by atoms with Crippen molar-refractivity contribution in [2.75, 3.05) is 0 Å². The third-order valence-corrected chi connectivity index (χ3v) is 7.59.